The SMILES string of the molecule is Cc1noc2nc(C(C)C)cc(C(=O)NCC(CC(C)C)N3CCOCC3)c12. The summed E-state index contributed by atoms with van der Waals surface area (Å²) in [6.45, 7) is 14.3. The molecule has 1 N–H and O–H groups in total. The first-order valence-corrected chi connectivity index (χ1v) is 10.2. The second kappa shape index (κ2) is 9.01. The first kappa shape index (κ1) is 20.7. The number of rotatable bonds is 7. The average molecular weight is 389 g/mol. The summed E-state index contributed by atoms with van der Waals surface area (Å²) in [5.74, 6) is 0.663. The maximum absolute atomic E-state index is 13.1. The van der Waals surface area contributed by atoms with Gasteiger partial charge in [-0.15, -0.1) is 0 Å². The van der Waals surface area contributed by atoms with Gasteiger partial charge in [0.15, 0.2) is 0 Å². The van der Waals surface area contributed by atoms with Crippen molar-refractivity contribution in [2.75, 3.05) is 32.8 Å². The molecule has 0 radical (unpaired) electrons. The largest absolute Gasteiger partial charge is 0.379 e. The Morgan fingerprint density at radius 3 is 2.61 bits per heavy atom. The van der Waals surface area contributed by atoms with Gasteiger partial charge in [-0.25, -0.2) is 4.98 Å². The number of ether oxygens (including phenoxy) is 1. The summed E-state index contributed by atoms with van der Waals surface area (Å²) >= 11 is 0. The predicted molar refractivity (Wildman–Crippen MR) is 109 cm³/mol. The minimum Gasteiger partial charge on any atom is -0.379 e. The highest BCUT2D eigenvalue weighted by Gasteiger charge is 2.24. The fraction of sp³-hybridized carbons (Fsp3) is 0.667. The summed E-state index contributed by atoms with van der Waals surface area (Å²) < 4.78 is 10.8. The molecule has 0 saturated carbocycles. The topological polar surface area (TPSA) is 80.5 Å². The van der Waals surface area contributed by atoms with E-state index in [2.05, 4.69) is 48.1 Å². The molecule has 1 atom stereocenters. The lowest BCUT2D eigenvalue weighted by molar-refractivity contribution is 0.0124. The molecule has 1 amide bonds. The Morgan fingerprint density at radius 2 is 1.96 bits per heavy atom. The van der Waals surface area contributed by atoms with E-state index in [1.54, 1.807) is 0 Å². The molecular weight excluding hydrogens is 356 g/mol. The Bertz CT molecular complexity index is 809. The van der Waals surface area contributed by atoms with Crippen LogP contribution >= 0.6 is 0 Å². The van der Waals surface area contributed by atoms with Gasteiger partial charge in [-0.1, -0.05) is 32.9 Å². The number of carbonyl (C=O) groups excluding carboxylic acids is 1. The zero-order chi connectivity index (χ0) is 20.3. The maximum atomic E-state index is 13.1. The van der Waals surface area contributed by atoms with E-state index in [0.29, 0.717) is 40.9 Å². The van der Waals surface area contributed by atoms with Crippen molar-refractivity contribution >= 4 is 17.0 Å². The van der Waals surface area contributed by atoms with E-state index < -0.39 is 0 Å². The van der Waals surface area contributed by atoms with Gasteiger partial charge < -0.3 is 14.6 Å². The molecule has 1 unspecified atom stereocenters. The van der Waals surface area contributed by atoms with Crippen molar-refractivity contribution in [2.24, 2.45) is 5.92 Å². The van der Waals surface area contributed by atoms with E-state index >= 15 is 0 Å². The number of hydrogen-bond donors (Lipinski definition) is 1. The van der Waals surface area contributed by atoms with Crippen LogP contribution in [-0.4, -0.2) is 59.8 Å². The van der Waals surface area contributed by atoms with Crippen LogP contribution in [0.2, 0.25) is 0 Å². The van der Waals surface area contributed by atoms with Gasteiger partial charge in [-0.2, -0.15) is 0 Å². The monoisotopic (exact) mass is 388 g/mol. The van der Waals surface area contributed by atoms with Crippen molar-refractivity contribution in [3.8, 4) is 0 Å². The number of aryl methyl sites for hydroxylation is 1. The van der Waals surface area contributed by atoms with Crippen molar-refractivity contribution in [2.45, 2.75) is 53.0 Å². The van der Waals surface area contributed by atoms with Gasteiger partial charge >= 0.3 is 0 Å². The standard InChI is InChI=1S/C21H32N4O3/c1-13(2)10-16(25-6-8-27-9-7-25)12-22-20(26)17-11-18(14(3)4)23-21-19(17)15(5)24-28-21/h11,13-14,16H,6-10,12H2,1-5H3,(H,22,26). The molecule has 1 fully saturated rings. The number of amides is 1. The van der Waals surface area contributed by atoms with E-state index in [-0.39, 0.29) is 11.8 Å². The quantitative estimate of drug-likeness (QED) is 0.785. The molecule has 1 aliphatic heterocycles. The lowest BCUT2D eigenvalue weighted by Gasteiger charge is -2.35. The van der Waals surface area contributed by atoms with Gasteiger partial charge in [0.1, 0.15) is 0 Å². The van der Waals surface area contributed by atoms with Crippen LogP contribution < -0.4 is 5.32 Å². The van der Waals surface area contributed by atoms with Gasteiger partial charge in [0.05, 0.1) is 29.9 Å². The number of nitrogens with one attached hydrogen (secondary N) is 1. The third-order valence-corrected chi connectivity index (χ3v) is 5.28. The Labute approximate surface area is 166 Å². The number of morpholine rings is 1. The van der Waals surface area contributed by atoms with Crippen LogP contribution in [0.1, 0.15) is 61.8 Å². The Morgan fingerprint density at radius 1 is 1.25 bits per heavy atom. The summed E-state index contributed by atoms with van der Waals surface area (Å²) in [6.07, 6.45) is 1.04. The number of nitrogens with zero attached hydrogens (tertiary/aromatic N) is 3. The summed E-state index contributed by atoms with van der Waals surface area (Å²) in [5, 5.41) is 7.87. The van der Waals surface area contributed by atoms with Crippen molar-refractivity contribution in [1.29, 1.82) is 0 Å². The van der Waals surface area contributed by atoms with Crippen LogP contribution in [0.15, 0.2) is 10.6 Å². The number of pyridine rings is 1. The second-order valence-electron chi connectivity index (χ2n) is 8.34. The summed E-state index contributed by atoms with van der Waals surface area (Å²) in [6, 6.07) is 2.18. The van der Waals surface area contributed by atoms with Crippen LogP contribution in [0.4, 0.5) is 0 Å². The highest BCUT2D eigenvalue weighted by molar-refractivity contribution is 6.06. The molecule has 1 aliphatic rings. The Hall–Kier alpha value is -1.99. The normalized spacial score (nSPS) is 16.8. The molecule has 0 bridgehead atoms. The van der Waals surface area contributed by atoms with Gasteiger partial charge in [0.25, 0.3) is 11.6 Å². The molecule has 2 aromatic rings. The summed E-state index contributed by atoms with van der Waals surface area (Å²) in [5.41, 5.74) is 2.55. The van der Waals surface area contributed by atoms with Crippen LogP contribution in [-0.2, 0) is 4.74 Å². The van der Waals surface area contributed by atoms with E-state index in [9.17, 15) is 4.79 Å². The average Bonchev–Trinajstić information content (AvgIpc) is 3.05. The third-order valence-electron chi connectivity index (χ3n) is 5.28. The van der Waals surface area contributed by atoms with E-state index in [0.717, 1.165) is 38.4 Å². The second-order valence-corrected chi connectivity index (χ2v) is 8.34. The molecule has 3 heterocycles. The van der Waals surface area contributed by atoms with E-state index in [1.165, 1.54) is 0 Å². The number of carbonyl (C=O) groups is 1. The molecule has 1 saturated heterocycles. The first-order valence-electron chi connectivity index (χ1n) is 10.2. The Balaban J connectivity index is 1.80. The van der Waals surface area contributed by atoms with Crippen molar-refractivity contribution in [1.82, 2.24) is 20.4 Å². The highest BCUT2D eigenvalue weighted by atomic mass is 16.5. The van der Waals surface area contributed by atoms with Gasteiger partial charge in [-0.05, 0) is 31.2 Å². The van der Waals surface area contributed by atoms with Crippen LogP contribution in [0, 0.1) is 12.8 Å². The zero-order valence-electron chi connectivity index (χ0n) is 17.6. The third kappa shape index (κ3) is 4.70. The fourth-order valence-corrected chi connectivity index (χ4v) is 3.74. The molecule has 154 valence electrons. The van der Waals surface area contributed by atoms with Crippen molar-refractivity contribution in [3.63, 3.8) is 0 Å². The Kier molecular flexibility index (Phi) is 6.67. The van der Waals surface area contributed by atoms with Crippen molar-refractivity contribution < 1.29 is 14.1 Å². The number of fused-ring (bicyclic) bond motifs is 1. The minimum atomic E-state index is -0.0948. The molecule has 0 aliphatic carbocycles. The lowest BCUT2D eigenvalue weighted by Crippen LogP contribution is -2.49. The molecule has 2 aromatic heterocycles. The first-order chi connectivity index (χ1) is 13.4. The van der Waals surface area contributed by atoms with Crippen molar-refractivity contribution in [3.05, 3.63) is 23.0 Å². The number of aromatic nitrogens is 2. The van der Waals surface area contributed by atoms with E-state index in [4.69, 9.17) is 9.26 Å². The molecule has 7 heteroatoms. The highest BCUT2D eigenvalue weighted by Crippen LogP contribution is 2.25. The van der Waals surface area contributed by atoms with Gasteiger partial charge in [-0.3, -0.25) is 9.69 Å². The molecule has 0 spiro atoms. The zero-order valence-corrected chi connectivity index (χ0v) is 17.6. The fourth-order valence-electron chi connectivity index (χ4n) is 3.74. The van der Waals surface area contributed by atoms with Gasteiger partial charge in [0, 0.05) is 31.4 Å². The number of hydrogen-bond acceptors (Lipinski definition) is 6. The molecular formula is C21H32N4O3. The lowest BCUT2D eigenvalue weighted by atomic mass is 10.0. The van der Waals surface area contributed by atoms with E-state index in [1.807, 2.05) is 13.0 Å². The molecule has 3 rings (SSSR count). The smallest absolute Gasteiger partial charge is 0.259 e. The minimum absolute atomic E-state index is 0.0948. The summed E-state index contributed by atoms with van der Waals surface area (Å²) in [7, 11) is 0. The predicted octanol–water partition coefficient (Wildman–Crippen LogP) is 3.13. The van der Waals surface area contributed by atoms with Crippen LogP contribution in [0.25, 0.3) is 11.1 Å². The molecule has 7 nitrogen and oxygen atoms in total. The molecule has 0 aromatic carbocycles. The van der Waals surface area contributed by atoms with Gasteiger partial charge in [0.2, 0.25) is 0 Å². The molecule has 28 heavy (non-hydrogen) atoms. The van der Waals surface area contributed by atoms with Crippen LogP contribution in [0.3, 0.4) is 0 Å². The van der Waals surface area contributed by atoms with Crippen LogP contribution in [0.5, 0.6) is 0 Å². The maximum Gasteiger partial charge on any atom is 0.259 e. The summed E-state index contributed by atoms with van der Waals surface area (Å²) in [4.78, 5) is 20.0.